The number of hydrogen-bond acceptors (Lipinski definition) is 2. The number of aryl methyl sites for hydroxylation is 1. The fourth-order valence-corrected chi connectivity index (χ4v) is 1.76. The average molecular weight is 269 g/mol. The van der Waals surface area contributed by atoms with Crippen LogP contribution in [0.2, 0.25) is 0 Å². The van der Waals surface area contributed by atoms with Gasteiger partial charge in [0.05, 0.1) is 12.1 Å². The van der Waals surface area contributed by atoms with Gasteiger partial charge in [0, 0.05) is 0 Å². The highest BCUT2D eigenvalue weighted by molar-refractivity contribution is 5.48. The lowest BCUT2D eigenvalue weighted by Crippen LogP contribution is -1.98. The molecular weight excluding hydrogens is 253 g/mol. The van der Waals surface area contributed by atoms with Gasteiger partial charge in [0.2, 0.25) is 0 Å². The van der Waals surface area contributed by atoms with Gasteiger partial charge < -0.3 is 10.5 Å². The third-order valence-electron chi connectivity index (χ3n) is 2.77. The predicted molar refractivity (Wildman–Crippen MR) is 77.8 cm³/mol. The van der Waals surface area contributed by atoms with Gasteiger partial charge in [-0.2, -0.15) is 0 Å². The molecule has 0 amide bonds. The van der Waals surface area contributed by atoms with Crippen molar-refractivity contribution in [3.8, 4) is 17.6 Å². The second-order valence-corrected chi connectivity index (χ2v) is 4.42. The molecule has 0 aromatic heterocycles. The molecule has 0 aliphatic heterocycles. The normalized spacial score (nSPS) is 9.75. The van der Waals surface area contributed by atoms with Gasteiger partial charge in [0.15, 0.2) is 0 Å². The molecule has 20 heavy (non-hydrogen) atoms. The topological polar surface area (TPSA) is 35.2 Å². The highest BCUT2D eigenvalue weighted by Crippen LogP contribution is 2.20. The van der Waals surface area contributed by atoms with E-state index in [1.54, 1.807) is 12.1 Å². The van der Waals surface area contributed by atoms with Gasteiger partial charge in [-0.1, -0.05) is 30.0 Å². The first-order chi connectivity index (χ1) is 9.69. The molecule has 0 aliphatic carbocycles. The third-order valence-corrected chi connectivity index (χ3v) is 2.77. The van der Waals surface area contributed by atoms with Gasteiger partial charge in [-0.3, -0.25) is 0 Å². The van der Waals surface area contributed by atoms with Crippen LogP contribution >= 0.6 is 0 Å². The molecule has 2 N–H and O–H groups in total. The summed E-state index contributed by atoms with van der Waals surface area (Å²) in [6.45, 7) is 2.68. The summed E-state index contributed by atoms with van der Waals surface area (Å²) in [4.78, 5) is 0. The number of halogens is 1. The summed E-state index contributed by atoms with van der Waals surface area (Å²) in [6.07, 6.45) is 0. The van der Waals surface area contributed by atoms with Crippen molar-refractivity contribution in [1.29, 1.82) is 0 Å². The first-order valence-electron chi connectivity index (χ1n) is 6.36. The lowest BCUT2D eigenvalue weighted by molar-refractivity contribution is 0.305. The van der Waals surface area contributed by atoms with E-state index in [0.29, 0.717) is 18.9 Å². The van der Waals surface area contributed by atoms with Crippen molar-refractivity contribution in [3.05, 3.63) is 65.0 Å². The first kappa shape index (κ1) is 14.1. The van der Waals surface area contributed by atoms with Crippen LogP contribution in [0.15, 0.2) is 42.5 Å². The summed E-state index contributed by atoms with van der Waals surface area (Å²) in [6, 6.07) is 12.1. The van der Waals surface area contributed by atoms with Gasteiger partial charge in [-0.15, -0.1) is 0 Å². The Morgan fingerprint density at radius 3 is 2.60 bits per heavy atom. The average Bonchev–Trinajstić information content (AvgIpc) is 2.46. The molecule has 0 heterocycles. The van der Waals surface area contributed by atoms with Crippen LogP contribution in [0, 0.1) is 24.6 Å². The molecule has 0 spiro atoms. The molecular formula is C17H16FNO. The number of rotatable bonds is 3. The van der Waals surface area contributed by atoms with Crippen LogP contribution in [-0.2, 0) is 6.61 Å². The largest absolute Gasteiger partial charge is 0.488 e. The van der Waals surface area contributed by atoms with Crippen molar-refractivity contribution in [2.75, 3.05) is 6.54 Å². The van der Waals surface area contributed by atoms with Crippen LogP contribution in [0.3, 0.4) is 0 Å². The van der Waals surface area contributed by atoms with Crippen LogP contribution in [0.25, 0.3) is 0 Å². The quantitative estimate of drug-likeness (QED) is 0.869. The Balaban J connectivity index is 2.14. The minimum Gasteiger partial charge on any atom is -0.488 e. The Labute approximate surface area is 118 Å². The van der Waals surface area contributed by atoms with E-state index in [1.165, 1.54) is 12.1 Å². The van der Waals surface area contributed by atoms with Crippen molar-refractivity contribution in [2.24, 2.45) is 5.73 Å². The van der Waals surface area contributed by atoms with Crippen LogP contribution in [-0.4, -0.2) is 6.54 Å². The molecule has 0 unspecified atom stereocenters. The van der Waals surface area contributed by atoms with E-state index in [4.69, 9.17) is 10.5 Å². The number of hydrogen-bond donors (Lipinski definition) is 1. The van der Waals surface area contributed by atoms with E-state index in [-0.39, 0.29) is 5.82 Å². The maximum atomic E-state index is 12.8. The van der Waals surface area contributed by atoms with Gasteiger partial charge in [0.25, 0.3) is 0 Å². The van der Waals surface area contributed by atoms with Gasteiger partial charge in [0.1, 0.15) is 18.2 Å². The number of benzene rings is 2. The summed E-state index contributed by atoms with van der Waals surface area (Å²) in [5.74, 6) is 6.28. The number of nitrogens with two attached hydrogens (primary N) is 1. The molecule has 3 heteroatoms. The second-order valence-electron chi connectivity index (χ2n) is 4.42. The zero-order chi connectivity index (χ0) is 14.4. The van der Waals surface area contributed by atoms with Crippen molar-refractivity contribution in [2.45, 2.75) is 13.5 Å². The van der Waals surface area contributed by atoms with Gasteiger partial charge in [-0.05, 0) is 42.3 Å². The second kappa shape index (κ2) is 6.74. The van der Waals surface area contributed by atoms with E-state index in [1.807, 2.05) is 25.1 Å². The molecule has 0 atom stereocenters. The Morgan fingerprint density at radius 1 is 1.15 bits per heavy atom. The van der Waals surface area contributed by atoms with Crippen LogP contribution in [0.5, 0.6) is 5.75 Å². The molecule has 0 saturated heterocycles. The van der Waals surface area contributed by atoms with E-state index in [9.17, 15) is 4.39 Å². The van der Waals surface area contributed by atoms with Gasteiger partial charge in [-0.25, -0.2) is 4.39 Å². The maximum Gasteiger partial charge on any atom is 0.135 e. The molecule has 2 rings (SSSR count). The summed E-state index contributed by atoms with van der Waals surface area (Å²) in [5, 5.41) is 0. The van der Waals surface area contributed by atoms with Crippen molar-refractivity contribution in [3.63, 3.8) is 0 Å². The smallest absolute Gasteiger partial charge is 0.135 e. The Kier molecular flexibility index (Phi) is 4.75. The molecule has 2 aromatic carbocycles. The molecule has 0 bridgehead atoms. The predicted octanol–water partition coefficient (Wildman–Crippen LogP) is 3.02. The van der Waals surface area contributed by atoms with Crippen LogP contribution in [0.1, 0.15) is 16.7 Å². The fourth-order valence-electron chi connectivity index (χ4n) is 1.76. The van der Waals surface area contributed by atoms with Crippen LogP contribution in [0.4, 0.5) is 4.39 Å². The molecule has 102 valence electrons. The standard InChI is InChI=1S/C17H16FNO/c1-13-4-9-17(15(11-13)3-2-10-19)20-12-14-5-7-16(18)8-6-14/h4-9,11H,10,12,19H2,1H3. The molecule has 2 aromatic rings. The zero-order valence-electron chi connectivity index (χ0n) is 11.3. The minimum absolute atomic E-state index is 0.251. The highest BCUT2D eigenvalue weighted by atomic mass is 19.1. The maximum absolute atomic E-state index is 12.8. The van der Waals surface area contributed by atoms with Crippen molar-refractivity contribution in [1.82, 2.24) is 0 Å². The minimum atomic E-state index is -0.251. The summed E-state index contributed by atoms with van der Waals surface area (Å²) in [7, 11) is 0. The van der Waals surface area contributed by atoms with Crippen molar-refractivity contribution >= 4 is 0 Å². The highest BCUT2D eigenvalue weighted by Gasteiger charge is 2.03. The van der Waals surface area contributed by atoms with Crippen LogP contribution < -0.4 is 10.5 Å². The monoisotopic (exact) mass is 269 g/mol. The molecule has 0 aliphatic rings. The summed E-state index contributed by atoms with van der Waals surface area (Å²) in [5.41, 5.74) is 8.23. The fraction of sp³-hybridized carbons (Fsp3) is 0.176. The van der Waals surface area contributed by atoms with E-state index in [2.05, 4.69) is 11.8 Å². The Bertz CT molecular complexity index is 638. The Morgan fingerprint density at radius 2 is 1.90 bits per heavy atom. The number of ether oxygens (including phenoxy) is 1. The third kappa shape index (κ3) is 3.84. The molecule has 0 saturated carbocycles. The van der Waals surface area contributed by atoms with Gasteiger partial charge >= 0.3 is 0 Å². The first-order valence-corrected chi connectivity index (χ1v) is 6.36. The molecule has 0 fully saturated rings. The lowest BCUT2D eigenvalue weighted by Gasteiger charge is -2.09. The van der Waals surface area contributed by atoms with Crippen molar-refractivity contribution < 1.29 is 9.13 Å². The molecule has 2 nitrogen and oxygen atoms in total. The van der Waals surface area contributed by atoms with E-state index < -0.39 is 0 Å². The Hall–Kier alpha value is -2.31. The lowest BCUT2D eigenvalue weighted by atomic mass is 10.1. The van der Waals surface area contributed by atoms with E-state index >= 15 is 0 Å². The summed E-state index contributed by atoms with van der Waals surface area (Å²) >= 11 is 0. The zero-order valence-corrected chi connectivity index (χ0v) is 11.3. The molecule has 0 radical (unpaired) electrons. The SMILES string of the molecule is Cc1ccc(OCc2ccc(F)cc2)c(C#CCN)c1. The van der Waals surface area contributed by atoms with E-state index in [0.717, 1.165) is 16.7 Å². The summed E-state index contributed by atoms with van der Waals surface area (Å²) < 4.78 is 18.6.